The lowest BCUT2D eigenvalue weighted by Gasteiger charge is -2.36. The van der Waals surface area contributed by atoms with Crippen molar-refractivity contribution in [2.75, 3.05) is 50.5 Å². The summed E-state index contributed by atoms with van der Waals surface area (Å²) in [6.07, 6.45) is 1.54. The van der Waals surface area contributed by atoms with Gasteiger partial charge in [-0.15, -0.1) is 11.8 Å². The van der Waals surface area contributed by atoms with E-state index >= 15 is 0 Å². The van der Waals surface area contributed by atoms with E-state index in [2.05, 4.69) is 45.3 Å². The van der Waals surface area contributed by atoms with E-state index < -0.39 is 6.10 Å². The number of thioether (sulfide) groups is 1. The zero-order chi connectivity index (χ0) is 20.9. The standard InChI is InChI=1S/C23H27N3O3S/c1-30-21-6-3-18(4-7-21)26-12-10-25(11-13-26)15-19(27)16-29-20-5-8-22-17(14-20)2-9-23(28)24-22/h2-9,14,19,27H,10-13,15-16H2,1H3,(H,24,28)/t19-/m0/s1. The van der Waals surface area contributed by atoms with Crippen LogP contribution in [-0.4, -0.2) is 66.7 Å². The number of H-pyrrole nitrogens is 1. The van der Waals surface area contributed by atoms with Crippen LogP contribution in [-0.2, 0) is 0 Å². The number of hydrogen-bond donors (Lipinski definition) is 2. The normalized spacial score (nSPS) is 16.0. The molecule has 0 amide bonds. The molecule has 1 aromatic heterocycles. The summed E-state index contributed by atoms with van der Waals surface area (Å²) < 4.78 is 5.78. The first kappa shape index (κ1) is 20.8. The summed E-state index contributed by atoms with van der Waals surface area (Å²) in [7, 11) is 0. The number of nitrogens with one attached hydrogen (secondary N) is 1. The average Bonchev–Trinajstić information content (AvgIpc) is 2.78. The maximum atomic E-state index is 11.4. The van der Waals surface area contributed by atoms with Crippen molar-refractivity contribution in [3.63, 3.8) is 0 Å². The first-order valence-electron chi connectivity index (χ1n) is 10.2. The van der Waals surface area contributed by atoms with Gasteiger partial charge in [0.1, 0.15) is 18.5 Å². The van der Waals surface area contributed by atoms with Crippen LogP contribution in [0.15, 0.2) is 64.3 Å². The Morgan fingerprint density at radius 1 is 1.07 bits per heavy atom. The molecule has 2 heterocycles. The second-order valence-electron chi connectivity index (χ2n) is 7.52. The van der Waals surface area contributed by atoms with Crippen LogP contribution < -0.4 is 15.2 Å². The Kier molecular flexibility index (Phi) is 6.62. The maximum absolute atomic E-state index is 11.4. The fraction of sp³-hybridized carbons (Fsp3) is 0.348. The van der Waals surface area contributed by atoms with Crippen LogP contribution >= 0.6 is 11.8 Å². The molecule has 1 aliphatic rings. The zero-order valence-corrected chi connectivity index (χ0v) is 17.9. The van der Waals surface area contributed by atoms with E-state index in [1.165, 1.54) is 16.6 Å². The number of aromatic amines is 1. The summed E-state index contributed by atoms with van der Waals surface area (Å²) in [5.74, 6) is 0.687. The minimum Gasteiger partial charge on any atom is -0.491 e. The van der Waals surface area contributed by atoms with Gasteiger partial charge >= 0.3 is 0 Å². The lowest BCUT2D eigenvalue weighted by Crippen LogP contribution is -2.49. The second kappa shape index (κ2) is 9.55. The largest absolute Gasteiger partial charge is 0.491 e. The number of aliphatic hydroxyl groups excluding tert-OH is 1. The summed E-state index contributed by atoms with van der Waals surface area (Å²) >= 11 is 1.75. The van der Waals surface area contributed by atoms with Gasteiger partial charge in [-0.3, -0.25) is 9.69 Å². The molecule has 0 unspecified atom stereocenters. The third-order valence-corrected chi connectivity index (χ3v) is 6.16. The number of ether oxygens (including phenoxy) is 1. The number of piperazine rings is 1. The number of anilines is 1. The first-order chi connectivity index (χ1) is 14.6. The van der Waals surface area contributed by atoms with Crippen LogP contribution in [0.4, 0.5) is 5.69 Å². The zero-order valence-electron chi connectivity index (χ0n) is 17.1. The number of nitrogens with zero attached hydrogens (tertiary/aromatic N) is 2. The predicted molar refractivity (Wildman–Crippen MR) is 123 cm³/mol. The smallest absolute Gasteiger partial charge is 0.248 e. The van der Waals surface area contributed by atoms with E-state index in [9.17, 15) is 9.90 Å². The molecule has 6 nitrogen and oxygen atoms in total. The van der Waals surface area contributed by atoms with Crippen molar-refractivity contribution in [2.24, 2.45) is 0 Å². The van der Waals surface area contributed by atoms with Crippen LogP contribution in [0.5, 0.6) is 5.75 Å². The Morgan fingerprint density at radius 2 is 1.83 bits per heavy atom. The Labute approximate surface area is 180 Å². The molecular weight excluding hydrogens is 398 g/mol. The molecule has 30 heavy (non-hydrogen) atoms. The molecule has 4 rings (SSSR count). The quantitative estimate of drug-likeness (QED) is 0.568. The van der Waals surface area contributed by atoms with Gasteiger partial charge in [0, 0.05) is 60.3 Å². The van der Waals surface area contributed by atoms with Gasteiger partial charge in [-0.05, 0) is 54.8 Å². The Balaban J connectivity index is 1.24. The molecule has 0 aliphatic carbocycles. The van der Waals surface area contributed by atoms with E-state index in [0.717, 1.165) is 37.1 Å². The van der Waals surface area contributed by atoms with Crippen LogP contribution in [0.25, 0.3) is 10.9 Å². The van der Waals surface area contributed by atoms with Gasteiger partial charge in [-0.1, -0.05) is 0 Å². The van der Waals surface area contributed by atoms with E-state index in [0.29, 0.717) is 12.3 Å². The van der Waals surface area contributed by atoms with Gasteiger partial charge in [0.2, 0.25) is 5.56 Å². The molecule has 1 aliphatic heterocycles. The highest BCUT2D eigenvalue weighted by molar-refractivity contribution is 7.98. The van der Waals surface area contributed by atoms with E-state index in [4.69, 9.17) is 4.74 Å². The first-order valence-corrected chi connectivity index (χ1v) is 11.4. The molecule has 158 valence electrons. The van der Waals surface area contributed by atoms with Crippen LogP contribution in [0.2, 0.25) is 0 Å². The average molecular weight is 426 g/mol. The van der Waals surface area contributed by atoms with Gasteiger partial charge < -0.3 is 19.7 Å². The minimum atomic E-state index is -0.552. The van der Waals surface area contributed by atoms with Crippen LogP contribution in [0, 0.1) is 0 Å². The lowest BCUT2D eigenvalue weighted by molar-refractivity contribution is 0.0663. The molecule has 0 radical (unpaired) electrons. The molecule has 2 N–H and O–H groups in total. The molecule has 0 spiro atoms. The minimum absolute atomic E-state index is 0.122. The molecule has 0 saturated carbocycles. The number of aromatic nitrogens is 1. The van der Waals surface area contributed by atoms with Gasteiger partial charge in [-0.25, -0.2) is 0 Å². The highest BCUT2D eigenvalue weighted by Crippen LogP contribution is 2.22. The van der Waals surface area contributed by atoms with Gasteiger partial charge in [0.05, 0.1) is 0 Å². The molecule has 3 aromatic rings. The summed E-state index contributed by atoms with van der Waals surface area (Å²) in [4.78, 5) is 20.1. The van der Waals surface area contributed by atoms with Crippen molar-refractivity contribution in [2.45, 2.75) is 11.0 Å². The molecule has 1 atom stereocenters. The van der Waals surface area contributed by atoms with Crippen molar-refractivity contribution >= 4 is 28.4 Å². The number of β-amino-alcohol motifs (C(OH)–C–C–N with tert-alkyl or cyclic N) is 1. The molecule has 1 fully saturated rings. The van der Waals surface area contributed by atoms with Crippen LogP contribution in [0.3, 0.4) is 0 Å². The number of benzene rings is 2. The fourth-order valence-electron chi connectivity index (χ4n) is 3.75. The van der Waals surface area contributed by atoms with E-state index in [1.54, 1.807) is 17.8 Å². The SMILES string of the molecule is CSc1ccc(N2CCN(C[C@H](O)COc3ccc4[nH]c(=O)ccc4c3)CC2)cc1. The molecular formula is C23H27N3O3S. The Bertz CT molecular complexity index is 1030. The summed E-state index contributed by atoms with van der Waals surface area (Å²) in [5.41, 5.74) is 1.91. The third-order valence-electron chi connectivity index (χ3n) is 5.42. The highest BCUT2D eigenvalue weighted by atomic mass is 32.2. The number of aliphatic hydroxyl groups is 1. The fourth-order valence-corrected chi connectivity index (χ4v) is 4.16. The third kappa shape index (κ3) is 5.16. The number of hydrogen-bond acceptors (Lipinski definition) is 6. The molecule has 1 saturated heterocycles. The maximum Gasteiger partial charge on any atom is 0.248 e. The topological polar surface area (TPSA) is 68.8 Å². The summed E-state index contributed by atoms with van der Waals surface area (Å²) in [6.45, 7) is 4.59. The van der Waals surface area contributed by atoms with Gasteiger partial charge in [-0.2, -0.15) is 0 Å². The van der Waals surface area contributed by atoms with Gasteiger partial charge in [0.15, 0.2) is 0 Å². The van der Waals surface area contributed by atoms with E-state index in [-0.39, 0.29) is 12.2 Å². The van der Waals surface area contributed by atoms with Crippen molar-refractivity contribution < 1.29 is 9.84 Å². The summed E-state index contributed by atoms with van der Waals surface area (Å²) in [6, 6.07) is 17.5. The number of fused-ring (bicyclic) bond motifs is 1. The van der Waals surface area contributed by atoms with E-state index in [1.807, 2.05) is 18.2 Å². The predicted octanol–water partition coefficient (Wildman–Crippen LogP) is 2.81. The second-order valence-corrected chi connectivity index (χ2v) is 8.40. The number of pyridine rings is 1. The highest BCUT2D eigenvalue weighted by Gasteiger charge is 2.20. The Morgan fingerprint density at radius 3 is 2.57 bits per heavy atom. The van der Waals surface area contributed by atoms with Gasteiger partial charge in [0.25, 0.3) is 0 Å². The molecule has 7 heteroatoms. The van der Waals surface area contributed by atoms with Crippen molar-refractivity contribution in [3.8, 4) is 5.75 Å². The van der Waals surface area contributed by atoms with Crippen molar-refractivity contribution in [1.82, 2.24) is 9.88 Å². The summed E-state index contributed by atoms with van der Waals surface area (Å²) in [5, 5.41) is 11.3. The number of rotatable bonds is 7. The lowest BCUT2D eigenvalue weighted by atomic mass is 10.2. The Hall–Kier alpha value is -2.48. The molecule has 2 aromatic carbocycles. The monoisotopic (exact) mass is 425 g/mol. The molecule has 0 bridgehead atoms. The van der Waals surface area contributed by atoms with Crippen LogP contribution in [0.1, 0.15) is 0 Å². The van der Waals surface area contributed by atoms with Crippen molar-refractivity contribution in [3.05, 3.63) is 65.0 Å². The van der Waals surface area contributed by atoms with Crippen molar-refractivity contribution in [1.29, 1.82) is 0 Å².